The Kier molecular flexibility index (Phi) is 9.25. The minimum absolute atomic E-state index is 0.0883. The number of allylic oxidation sites excluding steroid dienone is 3. The van der Waals surface area contributed by atoms with E-state index in [4.69, 9.17) is 18.9 Å². The third-order valence-electron chi connectivity index (χ3n) is 6.72. The molecule has 3 rings (SSSR count). The fourth-order valence-corrected chi connectivity index (χ4v) is 4.72. The summed E-state index contributed by atoms with van der Waals surface area (Å²) >= 11 is 0. The van der Waals surface area contributed by atoms with E-state index in [9.17, 15) is 35.4 Å². The number of aliphatic hydroxyl groups excluding tert-OH is 6. The molecule has 200 valence electrons. The summed E-state index contributed by atoms with van der Waals surface area (Å²) in [5.41, 5.74) is 1.62. The van der Waals surface area contributed by atoms with Gasteiger partial charge in [-0.2, -0.15) is 0 Å². The molecular formula is C24H38O11. The van der Waals surface area contributed by atoms with Crippen molar-refractivity contribution in [3.8, 4) is 0 Å². The highest BCUT2D eigenvalue weighted by Crippen LogP contribution is 2.39. The van der Waals surface area contributed by atoms with Gasteiger partial charge in [0, 0.05) is 6.42 Å². The Morgan fingerprint density at radius 2 is 1.71 bits per heavy atom. The molecule has 2 heterocycles. The standard InChI is InChI=1S/C24H38O11/c1-11-7-13(25)8-24(3,4)14(11)6-5-12(2)34-23-21(31)19(29)18(28)16(35-23)10-33-22-20(30)17(27)15(26)9-32-22/h6-7,12,15-23,26-31H,5,8-10H2,1-4H3/b14-6+/t12?,15-,16-,17+,18-,19+,20-,21-,22+,23-/m1/s1. The third-order valence-corrected chi connectivity index (χ3v) is 6.72. The maximum absolute atomic E-state index is 11.9. The van der Waals surface area contributed by atoms with Crippen molar-refractivity contribution >= 4 is 5.78 Å². The average molecular weight is 503 g/mol. The number of carbonyl (C=O) groups excluding carboxylic acids is 1. The summed E-state index contributed by atoms with van der Waals surface area (Å²) in [6, 6.07) is 0. The lowest BCUT2D eigenvalue weighted by molar-refractivity contribution is -0.326. The maximum Gasteiger partial charge on any atom is 0.186 e. The summed E-state index contributed by atoms with van der Waals surface area (Å²) in [6.07, 6.45) is -8.47. The maximum atomic E-state index is 11.9. The van der Waals surface area contributed by atoms with Crippen molar-refractivity contribution in [2.24, 2.45) is 5.41 Å². The number of hydrogen-bond acceptors (Lipinski definition) is 11. The predicted octanol–water partition coefficient (Wildman–Crippen LogP) is -1.08. The van der Waals surface area contributed by atoms with Crippen LogP contribution in [-0.4, -0.2) is 111 Å². The first-order valence-electron chi connectivity index (χ1n) is 11.9. The second-order valence-electron chi connectivity index (χ2n) is 10.3. The van der Waals surface area contributed by atoms with Gasteiger partial charge in [-0.3, -0.25) is 4.79 Å². The van der Waals surface area contributed by atoms with E-state index >= 15 is 0 Å². The number of aliphatic hydroxyl groups is 6. The van der Waals surface area contributed by atoms with Crippen LogP contribution in [0.3, 0.4) is 0 Å². The molecule has 35 heavy (non-hydrogen) atoms. The van der Waals surface area contributed by atoms with Crippen LogP contribution in [-0.2, 0) is 23.7 Å². The Morgan fingerprint density at radius 3 is 2.37 bits per heavy atom. The second kappa shape index (κ2) is 11.4. The zero-order valence-corrected chi connectivity index (χ0v) is 20.5. The van der Waals surface area contributed by atoms with Gasteiger partial charge in [0.1, 0.15) is 42.7 Å². The van der Waals surface area contributed by atoms with E-state index in [1.807, 2.05) is 26.8 Å². The van der Waals surface area contributed by atoms with Gasteiger partial charge in [0.2, 0.25) is 0 Å². The molecule has 10 atom stereocenters. The largest absolute Gasteiger partial charge is 0.388 e. The quantitative estimate of drug-likeness (QED) is 0.250. The molecule has 2 saturated heterocycles. The van der Waals surface area contributed by atoms with Crippen molar-refractivity contribution in [3.05, 3.63) is 23.3 Å². The first-order valence-corrected chi connectivity index (χ1v) is 11.9. The third kappa shape index (κ3) is 6.55. The second-order valence-corrected chi connectivity index (χ2v) is 10.3. The van der Waals surface area contributed by atoms with Gasteiger partial charge in [-0.15, -0.1) is 0 Å². The van der Waals surface area contributed by atoms with Gasteiger partial charge in [-0.25, -0.2) is 0 Å². The van der Waals surface area contributed by atoms with Gasteiger partial charge in [-0.05, 0) is 42.9 Å². The fourth-order valence-electron chi connectivity index (χ4n) is 4.72. The molecule has 0 bridgehead atoms. The van der Waals surface area contributed by atoms with Gasteiger partial charge in [-0.1, -0.05) is 19.9 Å². The predicted molar refractivity (Wildman–Crippen MR) is 121 cm³/mol. The van der Waals surface area contributed by atoms with Crippen molar-refractivity contribution in [2.75, 3.05) is 13.2 Å². The summed E-state index contributed by atoms with van der Waals surface area (Å²) in [7, 11) is 0. The number of rotatable bonds is 7. The lowest BCUT2D eigenvalue weighted by atomic mass is 9.72. The van der Waals surface area contributed by atoms with E-state index in [0.29, 0.717) is 12.8 Å². The normalized spacial score (nSPS) is 42.1. The molecule has 0 aromatic rings. The van der Waals surface area contributed by atoms with E-state index in [0.717, 1.165) is 11.1 Å². The lowest BCUT2D eigenvalue weighted by Gasteiger charge is -2.42. The Balaban J connectivity index is 1.59. The van der Waals surface area contributed by atoms with Gasteiger partial charge < -0.3 is 49.6 Å². The average Bonchev–Trinajstić information content (AvgIpc) is 2.76. The van der Waals surface area contributed by atoms with E-state index in [-0.39, 0.29) is 24.4 Å². The molecule has 3 aliphatic rings. The Morgan fingerprint density at radius 1 is 1.06 bits per heavy atom. The first-order chi connectivity index (χ1) is 16.3. The Labute approximate surface area is 204 Å². The van der Waals surface area contributed by atoms with Gasteiger partial charge in [0.15, 0.2) is 18.4 Å². The molecule has 6 N–H and O–H groups in total. The fraction of sp³-hybridized carbons (Fsp3) is 0.792. The molecule has 2 aliphatic heterocycles. The topological polar surface area (TPSA) is 175 Å². The Bertz CT molecular complexity index is 809. The molecule has 11 nitrogen and oxygen atoms in total. The molecule has 0 aromatic heterocycles. The van der Waals surface area contributed by atoms with Crippen LogP contribution in [0.5, 0.6) is 0 Å². The van der Waals surface area contributed by atoms with Gasteiger partial charge in [0.25, 0.3) is 0 Å². The summed E-state index contributed by atoms with van der Waals surface area (Å²) in [5.74, 6) is 0.0883. The highest BCUT2D eigenvalue weighted by atomic mass is 16.7. The summed E-state index contributed by atoms with van der Waals surface area (Å²) in [5, 5.41) is 60.3. The van der Waals surface area contributed by atoms with Crippen molar-refractivity contribution in [2.45, 2.75) is 102 Å². The van der Waals surface area contributed by atoms with Crippen LogP contribution in [0.1, 0.15) is 40.5 Å². The first kappa shape index (κ1) is 28.3. The van der Waals surface area contributed by atoms with Crippen LogP contribution in [0.25, 0.3) is 0 Å². The highest BCUT2D eigenvalue weighted by Gasteiger charge is 2.46. The number of ketones is 1. The molecule has 2 fully saturated rings. The molecule has 0 saturated carbocycles. The molecule has 1 aliphatic carbocycles. The zero-order valence-electron chi connectivity index (χ0n) is 20.5. The van der Waals surface area contributed by atoms with Crippen LogP contribution >= 0.6 is 0 Å². The molecule has 1 unspecified atom stereocenters. The van der Waals surface area contributed by atoms with Crippen LogP contribution in [0.2, 0.25) is 0 Å². The van der Waals surface area contributed by atoms with Crippen molar-refractivity contribution in [1.29, 1.82) is 0 Å². The van der Waals surface area contributed by atoms with Crippen LogP contribution < -0.4 is 0 Å². The van der Waals surface area contributed by atoms with Crippen molar-refractivity contribution < 1.29 is 54.4 Å². The van der Waals surface area contributed by atoms with Crippen LogP contribution in [0.15, 0.2) is 23.3 Å². The SMILES string of the molecule is CC1=CC(=O)CC(C)(C)/C1=C/CC(C)O[C@@H]1O[C@H](CO[C@@H]2OC[C@@H](O)[C@H](O)[C@H]2O)[C@@H](O)[C@H](O)[C@H]1O. The lowest BCUT2D eigenvalue weighted by Crippen LogP contribution is -2.60. The molecule has 0 aromatic carbocycles. The molecule has 11 heteroatoms. The number of hydrogen-bond donors (Lipinski definition) is 6. The molecule has 0 spiro atoms. The van der Waals surface area contributed by atoms with E-state index in [2.05, 4.69) is 0 Å². The highest BCUT2D eigenvalue weighted by molar-refractivity contribution is 5.93. The van der Waals surface area contributed by atoms with Crippen LogP contribution in [0.4, 0.5) is 0 Å². The summed E-state index contributed by atoms with van der Waals surface area (Å²) < 4.78 is 22.1. The Hall–Kier alpha value is -1.25. The monoisotopic (exact) mass is 502 g/mol. The molecular weight excluding hydrogens is 464 g/mol. The zero-order chi connectivity index (χ0) is 26.1. The van der Waals surface area contributed by atoms with Gasteiger partial charge >= 0.3 is 0 Å². The van der Waals surface area contributed by atoms with Gasteiger partial charge in [0.05, 0.1) is 19.3 Å². The van der Waals surface area contributed by atoms with E-state index in [1.165, 1.54) is 0 Å². The number of ether oxygens (including phenoxy) is 4. The van der Waals surface area contributed by atoms with E-state index < -0.39 is 61.4 Å². The number of carbonyl (C=O) groups is 1. The molecule has 0 amide bonds. The van der Waals surface area contributed by atoms with Crippen molar-refractivity contribution in [3.63, 3.8) is 0 Å². The minimum atomic E-state index is -1.58. The van der Waals surface area contributed by atoms with Crippen molar-refractivity contribution in [1.82, 2.24) is 0 Å². The van der Waals surface area contributed by atoms with E-state index in [1.54, 1.807) is 13.0 Å². The summed E-state index contributed by atoms with van der Waals surface area (Å²) in [4.78, 5) is 11.9. The molecule has 0 radical (unpaired) electrons. The minimum Gasteiger partial charge on any atom is -0.388 e. The summed E-state index contributed by atoms with van der Waals surface area (Å²) in [6.45, 7) is 7.06. The smallest absolute Gasteiger partial charge is 0.186 e. The van der Waals surface area contributed by atoms with Crippen LogP contribution in [0, 0.1) is 5.41 Å².